The second-order valence-electron chi connectivity index (χ2n) is 5.08. The molecule has 0 saturated carbocycles. The molecule has 1 aromatic heterocycles. The van der Waals surface area contributed by atoms with Gasteiger partial charge in [0.1, 0.15) is 11.5 Å². The quantitative estimate of drug-likeness (QED) is 0.850. The molecule has 0 radical (unpaired) electrons. The Morgan fingerprint density at radius 3 is 2.80 bits per heavy atom. The lowest BCUT2D eigenvalue weighted by molar-refractivity contribution is 0.0944. The first-order valence-electron chi connectivity index (χ1n) is 6.71. The molecule has 0 aromatic carbocycles. The van der Waals surface area contributed by atoms with E-state index < -0.39 is 0 Å². The number of rotatable bonds is 4. The molecule has 20 heavy (non-hydrogen) atoms. The fraction of sp³-hybridized carbons (Fsp3) is 0.615. The van der Waals surface area contributed by atoms with Gasteiger partial charge in [-0.15, -0.1) is 0 Å². The highest BCUT2D eigenvalue weighted by Crippen LogP contribution is 2.16. The van der Waals surface area contributed by atoms with Crippen molar-refractivity contribution in [2.75, 3.05) is 37.7 Å². The van der Waals surface area contributed by atoms with Gasteiger partial charge in [0.25, 0.3) is 5.91 Å². The second kappa shape index (κ2) is 6.85. The number of amides is 1. The van der Waals surface area contributed by atoms with Crippen molar-refractivity contribution >= 4 is 23.3 Å². The van der Waals surface area contributed by atoms with E-state index in [9.17, 15) is 4.79 Å². The third-order valence-electron chi connectivity index (χ3n) is 2.92. The number of aromatic nitrogens is 2. The van der Waals surface area contributed by atoms with Crippen LogP contribution in [0.1, 0.15) is 24.3 Å². The summed E-state index contributed by atoms with van der Waals surface area (Å²) in [6.07, 6.45) is 0. The SMILES string of the molecule is CC(C)CNC(=O)c1cc(N2CCOCC2)nc(Cl)n1. The minimum atomic E-state index is -0.225. The first kappa shape index (κ1) is 15.0. The van der Waals surface area contributed by atoms with Crippen LogP contribution in [-0.4, -0.2) is 48.7 Å². The minimum absolute atomic E-state index is 0.0867. The van der Waals surface area contributed by atoms with Crippen molar-refractivity contribution in [3.63, 3.8) is 0 Å². The van der Waals surface area contributed by atoms with E-state index in [2.05, 4.69) is 15.3 Å². The third-order valence-corrected chi connectivity index (χ3v) is 3.09. The lowest BCUT2D eigenvalue weighted by atomic mass is 10.2. The Labute approximate surface area is 123 Å². The van der Waals surface area contributed by atoms with Crippen LogP contribution in [0.25, 0.3) is 0 Å². The summed E-state index contributed by atoms with van der Waals surface area (Å²) in [6, 6.07) is 1.67. The lowest BCUT2D eigenvalue weighted by Crippen LogP contribution is -2.37. The predicted molar refractivity (Wildman–Crippen MR) is 77.2 cm³/mol. The summed E-state index contributed by atoms with van der Waals surface area (Å²) in [5, 5.41) is 2.91. The first-order chi connectivity index (χ1) is 9.56. The molecule has 1 N–H and O–H groups in total. The maximum Gasteiger partial charge on any atom is 0.270 e. The summed E-state index contributed by atoms with van der Waals surface area (Å²) < 4.78 is 5.30. The number of hydrogen-bond donors (Lipinski definition) is 1. The Balaban J connectivity index is 2.13. The number of nitrogens with zero attached hydrogens (tertiary/aromatic N) is 3. The van der Waals surface area contributed by atoms with Gasteiger partial charge in [0.2, 0.25) is 5.28 Å². The van der Waals surface area contributed by atoms with Crippen LogP contribution in [0, 0.1) is 5.92 Å². The fourth-order valence-corrected chi connectivity index (χ4v) is 2.04. The van der Waals surface area contributed by atoms with Gasteiger partial charge in [-0.1, -0.05) is 13.8 Å². The molecule has 110 valence electrons. The molecular weight excluding hydrogens is 280 g/mol. The van der Waals surface area contributed by atoms with Gasteiger partial charge >= 0.3 is 0 Å². The van der Waals surface area contributed by atoms with Crippen molar-refractivity contribution in [1.29, 1.82) is 0 Å². The minimum Gasteiger partial charge on any atom is -0.378 e. The van der Waals surface area contributed by atoms with Crippen molar-refractivity contribution in [1.82, 2.24) is 15.3 Å². The summed E-state index contributed by atoms with van der Waals surface area (Å²) in [5.41, 5.74) is 0.298. The molecule has 2 rings (SSSR count). The molecular formula is C13H19ClN4O2. The van der Waals surface area contributed by atoms with E-state index in [1.54, 1.807) is 6.07 Å². The topological polar surface area (TPSA) is 67.4 Å². The summed E-state index contributed by atoms with van der Waals surface area (Å²) >= 11 is 5.92. The Morgan fingerprint density at radius 2 is 2.15 bits per heavy atom. The van der Waals surface area contributed by atoms with E-state index in [1.165, 1.54) is 0 Å². The van der Waals surface area contributed by atoms with Gasteiger partial charge in [-0.25, -0.2) is 9.97 Å². The molecule has 1 fully saturated rings. The zero-order valence-electron chi connectivity index (χ0n) is 11.7. The van der Waals surface area contributed by atoms with Crippen LogP contribution in [0.15, 0.2) is 6.07 Å². The number of halogens is 1. The number of nitrogens with one attached hydrogen (secondary N) is 1. The van der Waals surface area contributed by atoms with Gasteiger partial charge in [-0.05, 0) is 17.5 Å². The van der Waals surface area contributed by atoms with E-state index in [0.29, 0.717) is 37.2 Å². The third kappa shape index (κ3) is 4.05. The normalized spacial score (nSPS) is 15.5. The summed E-state index contributed by atoms with van der Waals surface area (Å²) in [7, 11) is 0. The van der Waals surface area contributed by atoms with E-state index in [0.717, 1.165) is 13.1 Å². The zero-order chi connectivity index (χ0) is 14.5. The Kier molecular flexibility index (Phi) is 5.14. The van der Waals surface area contributed by atoms with E-state index in [1.807, 2.05) is 18.7 Å². The van der Waals surface area contributed by atoms with Crippen molar-refractivity contribution in [3.8, 4) is 0 Å². The van der Waals surface area contributed by atoms with Gasteiger partial charge < -0.3 is 15.0 Å². The monoisotopic (exact) mass is 298 g/mol. The first-order valence-corrected chi connectivity index (χ1v) is 7.09. The molecule has 0 unspecified atom stereocenters. The Morgan fingerprint density at radius 1 is 1.45 bits per heavy atom. The standard InChI is InChI=1S/C13H19ClN4O2/c1-9(2)8-15-12(19)10-7-11(17-13(14)16-10)18-3-5-20-6-4-18/h7,9H,3-6,8H2,1-2H3,(H,15,19). The number of morpholine rings is 1. The van der Waals surface area contributed by atoms with Crippen molar-refractivity contribution < 1.29 is 9.53 Å². The number of carbonyl (C=O) groups is 1. The molecule has 1 aliphatic rings. The van der Waals surface area contributed by atoms with Crippen molar-refractivity contribution in [2.45, 2.75) is 13.8 Å². The van der Waals surface area contributed by atoms with Gasteiger partial charge in [0.15, 0.2) is 0 Å². The van der Waals surface area contributed by atoms with E-state index >= 15 is 0 Å². The van der Waals surface area contributed by atoms with Crippen LogP contribution in [0.2, 0.25) is 5.28 Å². The summed E-state index contributed by atoms with van der Waals surface area (Å²) in [4.78, 5) is 22.2. The van der Waals surface area contributed by atoms with Crippen LogP contribution in [0.5, 0.6) is 0 Å². The molecule has 0 atom stereocenters. The number of anilines is 1. The maximum atomic E-state index is 12.0. The zero-order valence-corrected chi connectivity index (χ0v) is 12.5. The number of carbonyl (C=O) groups excluding carboxylic acids is 1. The molecule has 0 spiro atoms. The highest BCUT2D eigenvalue weighted by Gasteiger charge is 2.17. The highest BCUT2D eigenvalue weighted by molar-refractivity contribution is 6.28. The van der Waals surface area contributed by atoms with Crippen molar-refractivity contribution in [2.24, 2.45) is 5.92 Å². The van der Waals surface area contributed by atoms with Crippen LogP contribution < -0.4 is 10.2 Å². The Bertz CT molecular complexity index is 475. The highest BCUT2D eigenvalue weighted by atomic mass is 35.5. The smallest absolute Gasteiger partial charge is 0.270 e. The molecule has 0 bridgehead atoms. The Hall–Kier alpha value is -1.40. The van der Waals surface area contributed by atoms with Crippen LogP contribution >= 0.6 is 11.6 Å². The summed E-state index contributed by atoms with van der Waals surface area (Å²) in [6.45, 7) is 7.44. The van der Waals surface area contributed by atoms with Gasteiger partial charge in [0, 0.05) is 25.7 Å². The van der Waals surface area contributed by atoms with Crippen LogP contribution in [-0.2, 0) is 4.74 Å². The average molecular weight is 299 g/mol. The predicted octanol–water partition coefficient (Wildman–Crippen LogP) is 1.35. The number of ether oxygens (including phenoxy) is 1. The lowest BCUT2D eigenvalue weighted by Gasteiger charge is -2.27. The number of hydrogen-bond acceptors (Lipinski definition) is 5. The van der Waals surface area contributed by atoms with Crippen LogP contribution in [0.3, 0.4) is 0 Å². The molecule has 2 heterocycles. The van der Waals surface area contributed by atoms with Crippen LogP contribution in [0.4, 0.5) is 5.82 Å². The molecule has 1 aliphatic heterocycles. The summed E-state index contributed by atoms with van der Waals surface area (Å²) in [5.74, 6) is 0.829. The van der Waals surface area contributed by atoms with Crippen molar-refractivity contribution in [3.05, 3.63) is 17.0 Å². The van der Waals surface area contributed by atoms with E-state index in [-0.39, 0.29) is 11.2 Å². The fourth-order valence-electron chi connectivity index (χ4n) is 1.86. The molecule has 7 heteroatoms. The average Bonchev–Trinajstić information content (AvgIpc) is 2.45. The molecule has 0 aliphatic carbocycles. The van der Waals surface area contributed by atoms with Gasteiger partial charge in [-0.2, -0.15) is 0 Å². The van der Waals surface area contributed by atoms with Gasteiger partial charge in [-0.3, -0.25) is 4.79 Å². The second-order valence-corrected chi connectivity index (χ2v) is 5.42. The maximum absolute atomic E-state index is 12.0. The van der Waals surface area contributed by atoms with E-state index in [4.69, 9.17) is 16.3 Å². The van der Waals surface area contributed by atoms with Gasteiger partial charge in [0.05, 0.1) is 13.2 Å². The molecule has 1 aromatic rings. The molecule has 6 nitrogen and oxygen atoms in total. The largest absolute Gasteiger partial charge is 0.378 e. The molecule has 1 amide bonds. The molecule has 1 saturated heterocycles.